The van der Waals surface area contributed by atoms with Crippen LogP contribution in [-0.4, -0.2) is 53.8 Å². The third-order valence-corrected chi connectivity index (χ3v) is 4.68. The molecule has 1 saturated heterocycles. The zero-order valence-electron chi connectivity index (χ0n) is 17.7. The summed E-state index contributed by atoms with van der Waals surface area (Å²) in [6, 6.07) is 3.72. The van der Waals surface area contributed by atoms with Gasteiger partial charge >= 0.3 is 0 Å². The summed E-state index contributed by atoms with van der Waals surface area (Å²) in [4.78, 5) is 26.8. The summed E-state index contributed by atoms with van der Waals surface area (Å²) in [6.45, 7) is 6.05. The quantitative estimate of drug-likeness (QED) is 0.254. The van der Waals surface area contributed by atoms with Gasteiger partial charge in [-0.2, -0.15) is 0 Å². The van der Waals surface area contributed by atoms with Crippen LogP contribution in [0.3, 0.4) is 0 Å². The fraction of sp³-hybridized carbons (Fsp3) is 0.667. The van der Waals surface area contributed by atoms with Crippen molar-refractivity contribution in [3.8, 4) is 0 Å². The van der Waals surface area contributed by atoms with E-state index in [9.17, 15) is 4.79 Å². The predicted octanol–water partition coefficient (Wildman–Crippen LogP) is 3.11. The number of pyridine rings is 1. The highest BCUT2D eigenvalue weighted by Crippen LogP contribution is 2.16. The maximum Gasteiger partial charge on any atom is 0.246 e. The Bertz CT molecular complexity index is 618. The molecule has 1 aliphatic rings. The van der Waals surface area contributed by atoms with E-state index < -0.39 is 0 Å². The summed E-state index contributed by atoms with van der Waals surface area (Å²) >= 11 is 0. The number of hydrogen-bond acceptors (Lipinski definition) is 5. The molecule has 8 heteroatoms. The second-order valence-corrected chi connectivity index (χ2v) is 7.52. The van der Waals surface area contributed by atoms with E-state index in [2.05, 4.69) is 15.3 Å². The number of anilines is 1. The van der Waals surface area contributed by atoms with Gasteiger partial charge in [0.2, 0.25) is 5.91 Å². The van der Waals surface area contributed by atoms with Gasteiger partial charge in [-0.1, -0.05) is 12.8 Å². The van der Waals surface area contributed by atoms with Crippen LogP contribution in [0.15, 0.2) is 29.5 Å². The number of nitrogens with two attached hydrogens (primary N) is 1. The molecule has 1 amide bonds. The minimum Gasteiger partial charge on any atom is -0.381 e. The fourth-order valence-electron chi connectivity index (χ4n) is 3.08. The number of carbonyl (C=O) groups excluding carboxylic acids is 1. The number of aliphatic imine (C=N–C) groups is 1. The number of guanidine groups is 1. The van der Waals surface area contributed by atoms with Crippen molar-refractivity contribution < 1.29 is 14.4 Å². The molecule has 1 fully saturated rings. The zero-order valence-corrected chi connectivity index (χ0v) is 17.7. The molecule has 2 heterocycles. The van der Waals surface area contributed by atoms with Crippen LogP contribution in [0.5, 0.6) is 0 Å². The topological polar surface area (TPSA) is 102 Å². The Labute approximate surface area is 173 Å². The third-order valence-electron chi connectivity index (χ3n) is 4.68. The van der Waals surface area contributed by atoms with Crippen LogP contribution in [0.4, 0.5) is 5.69 Å². The minimum absolute atomic E-state index is 0.0375. The number of amides is 1. The molecule has 0 aliphatic carbocycles. The molecule has 1 aliphatic heterocycles. The van der Waals surface area contributed by atoms with Gasteiger partial charge < -0.3 is 15.8 Å². The second kappa shape index (κ2) is 13.1. The largest absolute Gasteiger partial charge is 0.381 e. The number of hydrogen-bond donors (Lipinski definition) is 2. The summed E-state index contributed by atoms with van der Waals surface area (Å²) in [5.74, 6) is 0.472. The normalized spacial score (nSPS) is 15.5. The second-order valence-electron chi connectivity index (χ2n) is 7.52. The van der Waals surface area contributed by atoms with Crippen LogP contribution in [-0.2, 0) is 14.4 Å². The van der Waals surface area contributed by atoms with E-state index >= 15 is 0 Å². The molecule has 3 N–H and O–H groups in total. The number of ether oxygens (including phenoxy) is 1. The Morgan fingerprint density at radius 2 is 1.97 bits per heavy atom. The van der Waals surface area contributed by atoms with Crippen molar-refractivity contribution >= 4 is 17.6 Å². The standard InChI is InChI=1S/C21H35N5O3/c1-17(2)26(29-19-10-15-28-16-11-19)20(27)7-5-3-4-6-12-24-21(22)25-18-8-13-23-14-9-18/h8-9,13-14,17,19H,3-7,10-12,15-16H2,1-2H3,(H3,22,23,24,25). The van der Waals surface area contributed by atoms with Crippen molar-refractivity contribution in [3.63, 3.8) is 0 Å². The average molecular weight is 406 g/mol. The molecule has 0 radical (unpaired) electrons. The summed E-state index contributed by atoms with van der Waals surface area (Å²) in [5.41, 5.74) is 6.74. The highest BCUT2D eigenvalue weighted by molar-refractivity contribution is 5.92. The minimum atomic E-state index is 0.0375. The molecule has 1 aromatic heterocycles. The van der Waals surface area contributed by atoms with E-state index in [1.54, 1.807) is 17.5 Å². The lowest BCUT2D eigenvalue weighted by molar-refractivity contribution is -0.228. The summed E-state index contributed by atoms with van der Waals surface area (Å²) < 4.78 is 5.35. The first-order valence-electron chi connectivity index (χ1n) is 10.6. The highest BCUT2D eigenvalue weighted by Gasteiger charge is 2.23. The van der Waals surface area contributed by atoms with Crippen LogP contribution < -0.4 is 11.1 Å². The van der Waals surface area contributed by atoms with E-state index in [0.717, 1.165) is 44.2 Å². The monoisotopic (exact) mass is 405 g/mol. The van der Waals surface area contributed by atoms with Gasteiger partial charge in [0, 0.05) is 44.3 Å². The average Bonchev–Trinajstić information content (AvgIpc) is 2.72. The molecule has 8 nitrogen and oxygen atoms in total. The zero-order chi connectivity index (χ0) is 20.9. The Balaban J connectivity index is 1.58. The van der Waals surface area contributed by atoms with E-state index in [0.29, 0.717) is 32.1 Å². The Morgan fingerprint density at radius 3 is 2.66 bits per heavy atom. The predicted molar refractivity (Wildman–Crippen MR) is 114 cm³/mol. The number of carbonyl (C=O) groups is 1. The molecule has 0 bridgehead atoms. The number of hydroxylamine groups is 2. The van der Waals surface area contributed by atoms with Gasteiger partial charge in [0.15, 0.2) is 5.96 Å². The number of aromatic nitrogens is 1. The maximum absolute atomic E-state index is 12.5. The molecular formula is C21H35N5O3. The Morgan fingerprint density at radius 1 is 1.28 bits per heavy atom. The third kappa shape index (κ3) is 9.23. The van der Waals surface area contributed by atoms with Crippen LogP contribution in [0.2, 0.25) is 0 Å². The van der Waals surface area contributed by atoms with Gasteiger partial charge in [0.1, 0.15) is 0 Å². The van der Waals surface area contributed by atoms with Crippen molar-refractivity contribution in [1.29, 1.82) is 0 Å². The lowest BCUT2D eigenvalue weighted by Gasteiger charge is -2.32. The van der Waals surface area contributed by atoms with E-state index in [1.165, 1.54) is 0 Å². The molecule has 0 unspecified atom stereocenters. The number of unbranched alkanes of at least 4 members (excludes halogenated alkanes) is 3. The molecule has 29 heavy (non-hydrogen) atoms. The van der Waals surface area contributed by atoms with Crippen LogP contribution in [0.25, 0.3) is 0 Å². The van der Waals surface area contributed by atoms with E-state index in [1.807, 2.05) is 26.0 Å². The molecule has 162 valence electrons. The number of rotatable bonds is 11. The number of nitrogens with zero attached hydrogens (tertiary/aromatic N) is 3. The smallest absolute Gasteiger partial charge is 0.246 e. The molecule has 0 atom stereocenters. The van der Waals surface area contributed by atoms with Crippen LogP contribution in [0.1, 0.15) is 58.8 Å². The van der Waals surface area contributed by atoms with Gasteiger partial charge in [0.25, 0.3) is 0 Å². The maximum atomic E-state index is 12.5. The van der Waals surface area contributed by atoms with Crippen molar-refractivity contribution in [1.82, 2.24) is 10.0 Å². The van der Waals surface area contributed by atoms with E-state index in [-0.39, 0.29) is 18.1 Å². The van der Waals surface area contributed by atoms with Crippen LogP contribution >= 0.6 is 0 Å². The molecule has 0 aromatic carbocycles. The molecular weight excluding hydrogens is 370 g/mol. The van der Waals surface area contributed by atoms with Crippen molar-refractivity contribution in [2.75, 3.05) is 25.1 Å². The summed E-state index contributed by atoms with van der Waals surface area (Å²) in [6.07, 6.45) is 9.48. The Hall–Kier alpha value is -2.19. The van der Waals surface area contributed by atoms with E-state index in [4.69, 9.17) is 15.3 Å². The van der Waals surface area contributed by atoms with Crippen LogP contribution in [0, 0.1) is 0 Å². The van der Waals surface area contributed by atoms with Crippen molar-refractivity contribution in [2.45, 2.75) is 70.9 Å². The van der Waals surface area contributed by atoms with Gasteiger partial charge in [-0.05, 0) is 51.7 Å². The number of nitrogens with one attached hydrogen (secondary N) is 1. The molecule has 2 rings (SSSR count). The lowest BCUT2D eigenvalue weighted by Crippen LogP contribution is -2.41. The summed E-state index contributed by atoms with van der Waals surface area (Å²) in [7, 11) is 0. The van der Waals surface area contributed by atoms with Gasteiger partial charge in [0.05, 0.1) is 12.1 Å². The SMILES string of the molecule is CC(C)N(OC1CCOCC1)C(=O)CCCCCCN=C(N)Nc1ccncc1. The van der Waals surface area contributed by atoms with Gasteiger partial charge in [-0.25, -0.2) is 5.06 Å². The van der Waals surface area contributed by atoms with Crippen molar-refractivity contribution in [3.05, 3.63) is 24.5 Å². The Kier molecular flexibility index (Phi) is 10.4. The molecule has 1 aromatic rings. The van der Waals surface area contributed by atoms with Gasteiger partial charge in [-0.15, -0.1) is 0 Å². The molecule has 0 spiro atoms. The molecule has 0 saturated carbocycles. The first kappa shape index (κ1) is 23.1. The fourth-order valence-corrected chi connectivity index (χ4v) is 3.08. The first-order chi connectivity index (χ1) is 14.1. The van der Waals surface area contributed by atoms with Gasteiger partial charge in [-0.3, -0.25) is 19.6 Å². The first-order valence-corrected chi connectivity index (χ1v) is 10.6. The lowest BCUT2D eigenvalue weighted by atomic mass is 10.1. The highest BCUT2D eigenvalue weighted by atomic mass is 16.7. The summed E-state index contributed by atoms with van der Waals surface area (Å²) in [5, 5.41) is 4.59. The van der Waals surface area contributed by atoms with Crippen molar-refractivity contribution in [2.24, 2.45) is 10.7 Å².